The van der Waals surface area contributed by atoms with Crippen molar-refractivity contribution in [2.75, 3.05) is 45.4 Å². The van der Waals surface area contributed by atoms with E-state index in [9.17, 15) is 28.8 Å². The van der Waals surface area contributed by atoms with Crippen LogP contribution < -0.4 is 40.8 Å². The Morgan fingerprint density at radius 2 is 1.03 bits per heavy atom. The van der Waals surface area contributed by atoms with E-state index >= 15 is 0 Å². The first kappa shape index (κ1) is 79.0. The van der Waals surface area contributed by atoms with E-state index in [0.717, 1.165) is 30.8 Å². The van der Waals surface area contributed by atoms with Crippen LogP contribution in [0.15, 0.2) is 195 Å². The number of esters is 4. The fourth-order valence-electron chi connectivity index (χ4n) is 7.23. The van der Waals surface area contributed by atoms with E-state index in [2.05, 4.69) is 70.2 Å². The smallest absolute Gasteiger partial charge is 0.870 e. The van der Waals surface area contributed by atoms with Gasteiger partial charge in [0.05, 0.1) is 75.0 Å². The quantitative estimate of drug-likeness (QED) is 0.0182. The molecular formula is C61H70BN18NaO15. The Labute approximate surface area is 571 Å². The Balaban J connectivity index is 0.000000297. The number of nitrogens with two attached hydrogens (primary N) is 1. The van der Waals surface area contributed by atoms with E-state index in [-0.39, 0.29) is 53.6 Å². The van der Waals surface area contributed by atoms with Crippen molar-refractivity contribution >= 4 is 66.6 Å². The maximum Gasteiger partial charge on any atom is 1.00 e. The standard InChI is InChI=1S/C15H14N4O2.C13H10N4O2.C9H10N4O2.C7H9N3O2.C6H7BO2.C4H6O3.C4H8O.C3H5N3.Na.H2O/c1-2-21-15(20)13-10-16-11-18(13)14-8-9-19(17-14)12-6-4-3-5-7-12;18-13(19)11-8-14-9-16(11)12-6-7-17(15-12)10-4-2-1-3-5-10;1-2-15-9(14)7-5-10-6-13(7)8-3-4-11-12-8;1-2-12-7(11)5-8-6-3-4-9-10-6;8-7(9)6-4-2-1-3-5-6;1-2-7-4(6)3-5;1-2-4-5-3-1;4-3-1-2-5-6-3;;/h3-11H,2H2,1H3;1-9H,(H,18,19);3-6H,2H2,1H3,(H,11,12);3-5H,2H2,1H3,(H,9,10);1-5,8-9H;3H,2H2,1H3;1-4H2;1-2H,(H3,4,5,6);;1H2/q;;;;;;;;+1;/p-1. The normalized spacial score (nSPS) is 10.5. The summed E-state index contributed by atoms with van der Waals surface area (Å²) >= 11 is 0. The van der Waals surface area contributed by atoms with Crippen LogP contribution in [0.3, 0.4) is 0 Å². The van der Waals surface area contributed by atoms with Crippen molar-refractivity contribution in [3.63, 3.8) is 0 Å². The molecular weight excluding hydrogens is 1260 g/mol. The molecule has 12 rings (SSSR count). The molecule has 0 amide bonds. The zero-order valence-corrected chi connectivity index (χ0v) is 54.9. The predicted octanol–water partition coefficient (Wildman–Crippen LogP) is 2.17. The number of benzene rings is 3. The SMILES string of the molecule is C1CCOC1.CCOC(=O)C=Nc1ccn[nH]1.CCOC(=O)C=O.CCOC(=O)c1cncn1-c1ccn(-c2ccccc2)n1.CCOC(=O)c1cncn1-c1ccn[nH]1.Nc1ccn[nH]1.O=C(O)c1cncn1-c1ccn(-c2ccccc2)n1.OB(O)c1ccccc1.[Na+].[OH-]. The maximum atomic E-state index is 11.9. The molecule has 1 aliphatic heterocycles. The number of nitrogens with zero attached hydrogens (tertiary/aromatic N) is 14. The first-order chi connectivity index (χ1) is 45.7. The monoisotopic (exact) mass is 1330 g/mol. The second-order valence-corrected chi connectivity index (χ2v) is 18.0. The van der Waals surface area contributed by atoms with Gasteiger partial charge in [-0.1, -0.05) is 66.7 Å². The van der Waals surface area contributed by atoms with Gasteiger partial charge in [0, 0.05) is 49.9 Å². The molecule has 33 nitrogen and oxygen atoms in total. The van der Waals surface area contributed by atoms with Gasteiger partial charge in [0.15, 0.2) is 28.7 Å². The number of aromatic carboxylic acids is 1. The van der Waals surface area contributed by atoms with Crippen LogP contribution in [0.2, 0.25) is 0 Å². The van der Waals surface area contributed by atoms with Crippen LogP contribution in [0.4, 0.5) is 11.6 Å². The number of carboxylic acid groups (broad SMARTS) is 1. The minimum atomic E-state index is -1.34. The number of anilines is 1. The number of para-hydroxylation sites is 2. The number of aldehydes is 1. The van der Waals surface area contributed by atoms with Gasteiger partial charge in [-0.3, -0.25) is 33.8 Å². The number of imidazole rings is 3. The van der Waals surface area contributed by atoms with Gasteiger partial charge in [-0.05, 0) is 76.3 Å². The van der Waals surface area contributed by atoms with E-state index in [1.54, 1.807) is 126 Å². The molecule has 1 saturated heterocycles. The molecule has 0 radical (unpaired) electrons. The topological polar surface area (TPSA) is 453 Å². The summed E-state index contributed by atoms with van der Waals surface area (Å²) in [6, 6.07) is 36.6. The number of aromatic amines is 3. The van der Waals surface area contributed by atoms with Crippen LogP contribution in [-0.4, -0.2) is 189 Å². The third-order valence-electron chi connectivity index (χ3n) is 11.4. The number of hydrogen-bond donors (Lipinski definition) is 7. The average molecular weight is 1330 g/mol. The number of H-pyrrole nitrogens is 3. The molecule has 8 aromatic heterocycles. The Bertz CT molecular complexity index is 3930. The molecule has 9 N–H and O–H groups in total. The van der Waals surface area contributed by atoms with Crippen molar-refractivity contribution < 1.29 is 103 Å². The average Bonchev–Trinajstić information content (AvgIpc) is 1.72. The van der Waals surface area contributed by atoms with Gasteiger partial charge >= 0.3 is 66.5 Å². The number of ether oxygens (including phenoxy) is 5. The van der Waals surface area contributed by atoms with Crippen molar-refractivity contribution in [3.8, 4) is 28.8 Å². The van der Waals surface area contributed by atoms with Crippen LogP contribution in [-0.2, 0) is 38.1 Å². The zero-order valence-electron chi connectivity index (χ0n) is 52.9. The first-order valence-electron chi connectivity index (χ1n) is 28.6. The Morgan fingerprint density at radius 1 is 0.583 bits per heavy atom. The molecule has 96 heavy (non-hydrogen) atoms. The molecule has 9 heterocycles. The number of carboxylic acids is 1. The Morgan fingerprint density at radius 3 is 1.42 bits per heavy atom. The molecule has 0 unspecified atom stereocenters. The van der Waals surface area contributed by atoms with E-state index in [1.807, 2.05) is 79.0 Å². The largest absolute Gasteiger partial charge is 1.00 e. The number of nitrogens with one attached hydrogen (secondary N) is 3. The summed E-state index contributed by atoms with van der Waals surface area (Å²) in [6.45, 7) is 10.2. The van der Waals surface area contributed by atoms with E-state index in [1.165, 1.54) is 48.7 Å². The fourth-order valence-corrected chi connectivity index (χ4v) is 7.23. The molecule has 0 spiro atoms. The van der Waals surface area contributed by atoms with Crippen LogP contribution in [0.1, 0.15) is 72.0 Å². The maximum absolute atomic E-state index is 11.9. The Kier molecular flexibility index (Phi) is 37.1. The third-order valence-corrected chi connectivity index (χ3v) is 11.4. The summed E-state index contributed by atoms with van der Waals surface area (Å²) in [5.74, 6) is -0.165. The second kappa shape index (κ2) is 45.1. The van der Waals surface area contributed by atoms with Gasteiger partial charge < -0.3 is 50.0 Å². The zero-order chi connectivity index (χ0) is 67.7. The van der Waals surface area contributed by atoms with Crippen molar-refractivity contribution in [1.29, 1.82) is 0 Å². The van der Waals surface area contributed by atoms with Gasteiger partial charge in [0.2, 0.25) is 6.29 Å². The molecule has 11 aromatic rings. The minimum Gasteiger partial charge on any atom is -0.870 e. The first-order valence-corrected chi connectivity index (χ1v) is 28.6. The fraction of sp³-hybridized carbons (Fsp3) is 0.197. The minimum absolute atomic E-state index is 0. The number of aliphatic imine (C=N–C) groups is 1. The second-order valence-electron chi connectivity index (χ2n) is 18.0. The molecule has 0 saturated carbocycles. The molecule has 35 heteroatoms. The molecule has 1 fully saturated rings. The van der Waals surface area contributed by atoms with Crippen molar-refractivity contribution in [1.82, 2.24) is 78.8 Å². The van der Waals surface area contributed by atoms with E-state index in [4.69, 9.17) is 35.1 Å². The van der Waals surface area contributed by atoms with E-state index < -0.39 is 37.0 Å². The summed E-state index contributed by atoms with van der Waals surface area (Å²) in [4.78, 5) is 79.9. The Hall–Kier alpha value is -11.3. The molecule has 498 valence electrons. The number of hydrogen-bond acceptors (Lipinski definition) is 24. The summed E-state index contributed by atoms with van der Waals surface area (Å²) in [6.07, 6.45) is 20.9. The number of rotatable bonds is 16. The number of carbonyl (C=O) groups excluding carboxylic acids is 5. The summed E-state index contributed by atoms with van der Waals surface area (Å²) in [5.41, 5.74) is 8.35. The van der Waals surface area contributed by atoms with E-state index in [0.29, 0.717) is 65.8 Å². The van der Waals surface area contributed by atoms with Crippen LogP contribution in [0.5, 0.6) is 0 Å². The number of carbonyl (C=O) groups is 6. The molecule has 0 atom stereocenters. The van der Waals surface area contributed by atoms with Crippen molar-refractivity contribution in [2.45, 2.75) is 40.5 Å². The van der Waals surface area contributed by atoms with Gasteiger partial charge in [-0.2, -0.15) is 15.3 Å². The van der Waals surface area contributed by atoms with Crippen molar-refractivity contribution in [3.05, 3.63) is 207 Å². The van der Waals surface area contributed by atoms with Crippen LogP contribution in [0.25, 0.3) is 28.8 Å². The van der Waals surface area contributed by atoms with Gasteiger partial charge in [0.25, 0.3) is 0 Å². The summed E-state index contributed by atoms with van der Waals surface area (Å²) in [5, 5.41) is 53.9. The van der Waals surface area contributed by atoms with Gasteiger partial charge in [0.1, 0.15) is 42.7 Å². The van der Waals surface area contributed by atoms with Crippen LogP contribution in [0, 0.1) is 0 Å². The number of aromatic nitrogens is 16. The molecule has 1 aliphatic rings. The molecule has 3 aromatic carbocycles. The molecule has 0 bridgehead atoms. The molecule has 0 aliphatic carbocycles. The van der Waals surface area contributed by atoms with Crippen molar-refractivity contribution in [2.24, 2.45) is 4.99 Å². The number of nitrogen functional groups attached to an aromatic ring is 1. The summed E-state index contributed by atoms with van der Waals surface area (Å²) in [7, 11) is -1.34. The third kappa shape index (κ3) is 27.5. The predicted molar refractivity (Wildman–Crippen MR) is 343 cm³/mol. The van der Waals surface area contributed by atoms with Gasteiger partial charge in [-0.15, -0.1) is 10.2 Å². The summed E-state index contributed by atoms with van der Waals surface area (Å²) < 4.78 is 31.7. The van der Waals surface area contributed by atoms with Crippen LogP contribution >= 0.6 is 0 Å². The van der Waals surface area contributed by atoms with Gasteiger partial charge in [-0.25, -0.2) is 53.3 Å².